The standard InChI is InChI=1S/C36H43NO6Si/c1-7-22-38-34-33(39-24-27-17-15-14-16-26(27)23-37)32-31(42-36(5,6)43-32)30(41-34)25-40-44(35(2,3)4,28-18-10-8-11-19-28)29-20-12-9-13-21-29/h7-21,30-34H,1,22,24-25H2,2-6H3/t30-,31+,32+,33-,34+/m1/s1. The third-order valence-corrected chi connectivity index (χ3v) is 13.3. The van der Waals surface area contributed by atoms with E-state index in [4.69, 9.17) is 28.1 Å². The summed E-state index contributed by atoms with van der Waals surface area (Å²) >= 11 is 0. The predicted molar refractivity (Wildman–Crippen MR) is 172 cm³/mol. The van der Waals surface area contributed by atoms with E-state index < -0.39 is 44.8 Å². The summed E-state index contributed by atoms with van der Waals surface area (Å²) in [6, 6.07) is 30.7. The molecule has 0 N–H and O–H groups in total. The molecule has 3 aromatic rings. The fourth-order valence-electron chi connectivity index (χ4n) is 6.36. The molecule has 2 saturated heterocycles. The van der Waals surface area contributed by atoms with Gasteiger partial charge in [-0.2, -0.15) is 5.26 Å². The Labute approximate surface area is 262 Å². The molecular formula is C36H43NO6Si. The Bertz CT molecular complexity index is 1390. The molecule has 2 aliphatic heterocycles. The quantitative estimate of drug-likeness (QED) is 0.210. The van der Waals surface area contributed by atoms with Crippen molar-refractivity contribution in [1.29, 1.82) is 5.26 Å². The van der Waals surface area contributed by atoms with Gasteiger partial charge in [0.1, 0.15) is 24.4 Å². The molecule has 2 heterocycles. The van der Waals surface area contributed by atoms with Crippen molar-refractivity contribution in [3.63, 3.8) is 0 Å². The maximum absolute atomic E-state index is 9.60. The number of hydrogen-bond donors (Lipinski definition) is 0. The van der Waals surface area contributed by atoms with E-state index in [-0.39, 0.29) is 24.9 Å². The van der Waals surface area contributed by atoms with E-state index in [0.29, 0.717) is 5.56 Å². The lowest BCUT2D eigenvalue weighted by Crippen LogP contribution is -2.68. The molecular weight excluding hydrogens is 570 g/mol. The van der Waals surface area contributed by atoms with E-state index in [1.807, 2.05) is 44.2 Å². The minimum Gasteiger partial charge on any atom is -0.405 e. The zero-order chi connectivity index (χ0) is 31.4. The van der Waals surface area contributed by atoms with E-state index >= 15 is 0 Å². The monoisotopic (exact) mass is 613 g/mol. The Kier molecular flexibility index (Phi) is 9.88. The third kappa shape index (κ3) is 6.60. The van der Waals surface area contributed by atoms with Gasteiger partial charge < -0.3 is 28.1 Å². The van der Waals surface area contributed by atoms with Crippen molar-refractivity contribution in [2.24, 2.45) is 0 Å². The molecule has 8 heteroatoms. The van der Waals surface area contributed by atoms with Gasteiger partial charge in [-0.25, -0.2) is 0 Å². The van der Waals surface area contributed by atoms with Crippen LogP contribution >= 0.6 is 0 Å². The van der Waals surface area contributed by atoms with Crippen LogP contribution in [0.5, 0.6) is 0 Å². The zero-order valence-corrected chi connectivity index (χ0v) is 27.3. The minimum atomic E-state index is -2.84. The van der Waals surface area contributed by atoms with Crippen LogP contribution in [0.3, 0.4) is 0 Å². The highest BCUT2D eigenvalue weighted by Crippen LogP contribution is 2.41. The van der Waals surface area contributed by atoms with Crippen LogP contribution in [0.1, 0.15) is 45.7 Å². The van der Waals surface area contributed by atoms with Crippen molar-refractivity contribution < 1.29 is 28.1 Å². The normalized spacial score (nSPS) is 24.8. The van der Waals surface area contributed by atoms with Gasteiger partial charge in [0.25, 0.3) is 8.32 Å². The smallest absolute Gasteiger partial charge is 0.261 e. The topological polar surface area (TPSA) is 79.2 Å². The van der Waals surface area contributed by atoms with Crippen molar-refractivity contribution >= 4 is 18.7 Å². The highest BCUT2D eigenvalue weighted by atomic mass is 28.4. The molecule has 5 rings (SSSR count). The van der Waals surface area contributed by atoms with Crippen LogP contribution in [0.15, 0.2) is 97.6 Å². The van der Waals surface area contributed by atoms with Gasteiger partial charge in [0.2, 0.25) is 0 Å². The summed E-state index contributed by atoms with van der Waals surface area (Å²) in [5.74, 6) is -0.867. The molecule has 2 fully saturated rings. The molecule has 0 spiro atoms. The molecule has 232 valence electrons. The Hall–Kier alpha value is -3.13. The lowest BCUT2D eigenvalue weighted by Gasteiger charge is -2.46. The molecule has 0 saturated carbocycles. The number of fused-ring (bicyclic) bond motifs is 1. The summed E-state index contributed by atoms with van der Waals surface area (Å²) in [6.45, 7) is 15.1. The molecule has 0 unspecified atom stereocenters. The van der Waals surface area contributed by atoms with Gasteiger partial charge in [-0.3, -0.25) is 0 Å². The van der Waals surface area contributed by atoms with Gasteiger partial charge in [-0.15, -0.1) is 6.58 Å². The summed E-state index contributed by atoms with van der Waals surface area (Å²) in [5, 5.41) is 11.8. The van der Waals surface area contributed by atoms with E-state index in [2.05, 4.69) is 82.0 Å². The van der Waals surface area contributed by atoms with Gasteiger partial charge in [-0.1, -0.05) is 106 Å². The molecule has 3 aromatic carbocycles. The molecule has 0 aliphatic carbocycles. The van der Waals surface area contributed by atoms with Crippen molar-refractivity contribution in [2.75, 3.05) is 13.2 Å². The van der Waals surface area contributed by atoms with Crippen molar-refractivity contribution in [1.82, 2.24) is 0 Å². The van der Waals surface area contributed by atoms with Gasteiger partial charge in [0, 0.05) is 0 Å². The number of nitrogens with zero attached hydrogens (tertiary/aromatic N) is 1. The Morgan fingerprint density at radius 1 is 0.886 bits per heavy atom. The van der Waals surface area contributed by atoms with Crippen LogP contribution in [0.2, 0.25) is 5.04 Å². The lowest BCUT2D eigenvalue weighted by molar-refractivity contribution is -0.290. The molecule has 0 aromatic heterocycles. The largest absolute Gasteiger partial charge is 0.405 e. The summed E-state index contributed by atoms with van der Waals surface area (Å²) in [6.07, 6.45) is -1.16. The number of rotatable bonds is 11. The average Bonchev–Trinajstić information content (AvgIpc) is 3.35. The predicted octanol–water partition coefficient (Wildman–Crippen LogP) is 5.47. The maximum Gasteiger partial charge on any atom is 0.261 e. The van der Waals surface area contributed by atoms with Crippen LogP contribution in [0.25, 0.3) is 0 Å². The van der Waals surface area contributed by atoms with Gasteiger partial charge in [-0.05, 0) is 40.9 Å². The van der Waals surface area contributed by atoms with Crippen molar-refractivity contribution in [3.05, 3.63) is 109 Å². The fourth-order valence-corrected chi connectivity index (χ4v) is 10.9. The first-order valence-electron chi connectivity index (χ1n) is 15.2. The summed E-state index contributed by atoms with van der Waals surface area (Å²) in [4.78, 5) is 0. The van der Waals surface area contributed by atoms with E-state index in [1.54, 1.807) is 12.1 Å². The molecule has 0 bridgehead atoms. The number of nitriles is 1. The lowest BCUT2D eigenvalue weighted by atomic mass is 9.99. The first-order chi connectivity index (χ1) is 21.1. The van der Waals surface area contributed by atoms with Crippen LogP contribution < -0.4 is 10.4 Å². The minimum absolute atomic E-state index is 0.196. The zero-order valence-electron chi connectivity index (χ0n) is 26.3. The molecule has 0 radical (unpaired) electrons. The van der Waals surface area contributed by atoms with Crippen LogP contribution in [0.4, 0.5) is 0 Å². The highest BCUT2D eigenvalue weighted by molar-refractivity contribution is 6.99. The third-order valence-electron chi connectivity index (χ3n) is 8.26. The highest BCUT2D eigenvalue weighted by Gasteiger charge is 2.58. The Morgan fingerprint density at radius 2 is 1.48 bits per heavy atom. The summed E-state index contributed by atoms with van der Waals surface area (Å²) in [7, 11) is -2.84. The number of ether oxygens (including phenoxy) is 5. The van der Waals surface area contributed by atoms with Crippen LogP contribution in [-0.4, -0.2) is 58.0 Å². The van der Waals surface area contributed by atoms with Crippen molar-refractivity contribution in [3.8, 4) is 6.07 Å². The average molecular weight is 614 g/mol. The molecule has 44 heavy (non-hydrogen) atoms. The first-order valence-corrected chi connectivity index (χ1v) is 17.1. The van der Waals surface area contributed by atoms with E-state index in [0.717, 1.165) is 5.56 Å². The molecule has 5 atom stereocenters. The second kappa shape index (κ2) is 13.5. The second-order valence-corrected chi connectivity index (χ2v) is 17.1. The number of hydrogen-bond acceptors (Lipinski definition) is 7. The van der Waals surface area contributed by atoms with Gasteiger partial charge in [0.15, 0.2) is 12.1 Å². The van der Waals surface area contributed by atoms with Crippen LogP contribution in [-0.2, 0) is 34.7 Å². The first kappa shape index (κ1) is 32.3. The fraction of sp³-hybridized carbons (Fsp3) is 0.417. The van der Waals surface area contributed by atoms with Gasteiger partial charge in [0.05, 0.1) is 31.5 Å². The molecule has 0 amide bonds. The molecule has 7 nitrogen and oxygen atoms in total. The SMILES string of the molecule is C=CCO[C@H]1O[C@H](CO[Si](c2ccccc2)(c2ccccc2)C(C)(C)C)[C@@H]2OC(C)(C)O[C@@H]2[C@H]1OCc1ccccc1C#N. The maximum atomic E-state index is 9.60. The van der Waals surface area contributed by atoms with E-state index in [1.165, 1.54) is 10.4 Å². The Morgan fingerprint density at radius 3 is 2.07 bits per heavy atom. The van der Waals surface area contributed by atoms with Gasteiger partial charge >= 0.3 is 0 Å². The van der Waals surface area contributed by atoms with E-state index in [9.17, 15) is 5.26 Å². The van der Waals surface area contributed by atoms with Crippen molar-refractivity contribution in [2.45, 2.75) is 82.8 Å². The molecule has 2 aliphatic rings. The number of benzene rings is 3. The van der Waals surface area contributed by atoms with Crippen LogP contribution in [0, 0.1) is 11.3 Å². The summed E-state index contributed by atoms with van der Waals surface area (Å²) < 4.78 is 39.5. The second-order valence-electron chi connectivity index (χ2n) is 12.7. The summed E-state index contributed by atoms with van der Waals surface area (Å²) in [5.41, 5.74) is 1.34. The Balaban J connectivity index is 1.47.